The van der Waals surface area contributed by atoms with Crippen LogP contribution < -0.4 is 5.32 Å². The van der Waals surface area contributed by atoms with Crippen LogP contribution in [0.15, 0.2) is 0 Å². The number of hydrogen-bond acceptors (Lipinski definition) is 2. The van der Waals surface area contributed by atoms with Crippen LogP contribution in [0.3, 0.4) is 0 Å². The average Bonchev–Trinajstić information content (AvgIpc) is 2.08. The van der Waals surface area contributed by atoms with Gasteiger partial charge in [-0.1, -0.05) is 0 Å². The highest BCUT2D eigenvalue weighted by Crippen LogP contribution is 2.16. The summed E-state index contributed by atoms with van der Waals surface area (Å²) in [6, 6.07) is 0. The SMILES string of the molecule is C#CCCCN1CCNCC1(C)C. The van der Waals surface area contributed by atoms with Crippen molar-refractivity contribution in [2.24, 2.45) is 0 Å². The van der Waals surface area contributed by atoms with Gasteiger partial charge in [0.2, 0.25) is 0 Å². The van der Waals surface area contributed by atoms with Gasteiger partial charge in [-0.2, -0.15) is 0 Å². The maximum atomic E-state index is 5.23. The highest BCUT2D eigenvalue weighted by Gasteiger charge is 2.28. The second kappa shape index (κ2) is 4.64. The van der Waals surface area contributed by atoms with Crippen molar-refractivity contribution in [3.63, 3.8) is 0 Å². The van der Waals surface area contributed by atoms with Gasteiger partial charge in [-0.3, -0.25) is 4.90 Å². The molecular formula is C11H20N2. The van der Waals surface area contributed by atoms with Gasteiger partial charge in [0, 0.05) is 31.6 Å². The molecule has 0 aromatic heterocycles. The van der Waals surface area contributed by atoms with E-state index in [2.05, 4.69) is 30.0 Å². The molecule has 0 saturated carbocycles. The first-order valence-electron chi connectivity index (χ1n) is 5.06. The van der Waals surface area contributed by atoms with Crippen molar-refractivity contribution in [2.45, 2.75) is 32.2 Å². The van der Waals surface area contributed by atoms with Crippen molar-refractivity contribution < 1.29 is 0 Å². The number of nitrogens with zero attached hydrogens (tertiary/aromatic N) is 1. The number of nitrogens with one attached hydrogen (secondary N) is 1. The Bertz CT molecular complexity index is 191. The number of unbranched alkanes of at least 4 members (excludes halogenated alkanes) is 1. The van der Waals surface area contributed by atoms with E-state index in [1.54, 1.807) is 0 Å². The molecular weight excluding hydrogens is 160 g/mol. The third kappa shape index (κ3) is 3.02. The van der Waals surface area contributed by atoms with Gasteiger partial charge in [-0.15, -0.1) is 12.3 Å². The monoisotopic (exact) mass is 180 g/mol. The molecule has 1 fully saturated rings. The van der Waals surface area contributed by atoms with Crippen LogP contribution >= 0.6 is 0 Å². The fourth-order valence-corrected chi connectivity index (χ4v) is 1.81. The Kier molecular flexibility index (Phi) is 3.77. The first-order valence-corrected chi connectivity index (χ1v) is 5.06. The Labute approximate surface area is 81.7 Å². The van der Waals surface area contributed by atoms with Crippen molar-refractivity contribution >= 4 is 0 Å². The van der Waals surface area contributed by atoms with Gasteiger partial charge in [0.05, 0.1) is 0 Å². The van der Waals surface area contributed by atoms with Crippen molar-refractivity contribution in [3.8, 4) is 12.3 Å². The van der Waals surface area contributed by atoms with E-state index in [1.807, 2.05) is 0 Å². The molecule has 2 nitrogen and oxygen atoms in total. The summed E-state index contributed by atoms with van der Waals surface area (Å²) < 4.78 is 0. The lowest BCUT2D eigenvalue weighted by molar-refractivity contribution is 0.0899. The minimum absolute atomic E-state index is 0.298. The summed E-state index contributed by atoms with van der Waals surface area (Å²) in [6.45, 7) is 9.06. The molecule has 1 N–H and O–H groups in total. The lowest BCUT2D eigenvalue weighted by atomic mass is 10.00. The highest BCUT2D eigenvalue weighted by molar-refractivity contribution is 4.89. The Morgan fingerprint density at radius 3 is 2.92 bits per heavy atom. The van der Waals surface area contributed by atoms with Crippen LogP contribution in [-0.4, -0.2) is 36.6 Å². The third-order valence-corrected chi connectivity index (χ3v) is 2.72. The van der Waals surface area contributed by atoms with Gasteiger partial charge in [0.15, 0.2) is 0 Å². The molecule has 0 amide bonds. The topological polar surface area (TPSA) is 15.3 Å². The van der Waals surface area contributed by atoms with E-state index in [1.165, 1.54) is 0 Å². The molecule has 0 unspecified atom stereocenters. The van der Waals surface area contributed by atoms with E-state index in [0.29, 0.717) is 5.54 Å². The standard InChI is InChI=1S/C11H20N2/c1-4-5-6-8-13-9-7-12-10-11(13,2)3/h1,12H,5-10H2,2-3H3. The summed E-state index contributed by atoms with van der Waals surface area (Å²) in [5, 5.41) is 3.41. The molecule has 1 saturated heterocycles. The Balaban J connectivity index is 2.34. The van der Waals surface area contributed by atoms with Crippen LogP contribution in [0.5, 0.6) is 0 Å². The molecule has 0 spiro atoms. The van der Waals surface area contributed by atoms with E-state index in [0.717, 1.165) is 39.0 Å². The molecule has 0 aromatic carbocycles. The number of terminal acetylenes is 1. The minimum atomic E-state index is 0.298. The molecule has 0 bridgehead atoms. The van der Waals surface area contributed by atoms with Crippen molar-refractivity contribution in [1.82, 2.24) is 10.2 Å². The molecule has 0 radical (unpaired) electrons. The quantitative estimate of drug-likeness (QED) is 0.516. The van der Waals surface area contributed by atoms with Crippen molar-refractivity contribution in [1.29, 1.82) is 0 Å². The van der Waals surface area contributed by atoms with E-state index in [-0.39, 0.29) is 0 Å². The van der Waals surface area contributed by atoms with Gasteiger partial charge in [0.1, 0.15) is 0 Å². The van der Waals surface area contributed by atoms with Gasteiger partial charge >= 0.3 is 0 Å². The number of rotatable bonds is 3. The lowest BCUT2D eigenvalue weighted by Gasteiger charge is -2.42. The normalized spacial score (nSPS) is 22.5. The van der Waals surface area contributed by atoms with Gasteiger partial charge < -0.3 is 5.32 Å². The summed E-state index contributed by atoms with van der Waals surface area (Å²) in [5.41, 5.74) is 0.298. The maximum absolute atomic E-state index is 5.23. The van der Waals surface area contributed by atoms with Crippen LogP contribution in [0, 0.1) is 12.3 Å². The second-order valence-corrected chi connectivity index (χ2v) is 4.28. The first kappa shape index (κ1) is 10.6. The first-order chi connectivity index (χ1) is 6.17. The number of hydrogen-bond donors (Lipinski definition) is 1. The Hall–Kier alpha value is -0.520. The summed E-state index contributed by atoms with van der Waals surface area (Å²) in [4.78, 5) is 2.53. The van der Waals surface area contributed by atoms with Crippen LogP contribution in [0.4, 0.5) is 0 Å². The fraction of sp³-hybridized carbons (Fsp3) is 0.818. The summed E-state index contributed by atoms with van der Waals surface area (Å²) in [6.07, 6.45) is 7.26. The predicted octanol–water partition coefficient (Wildman–Crippen LogP) is 1.08. The summed E-state index contributed by atoms with van der Waals surface area (Å²) in [7, 11) is 0. The molecule has 0 atom stereocenters. The zero-order valence-corrected chi connectivity index (χ0v) is 8.77. The second-order valence-electron chi connectivity index (χ2n) is 4.28. The van der Waals surface area contributed by atoms with Gasteiger partial charge in [-0.05, 0) is 26.8 Å². The Morgan fingerprint density at radius 2 is 2.31 bits per heavy atom. The summed E-state index contributed by atoms with van der Waals surface area (Å²) >= 11 is 0. The smallest absolute Gasteiger partial charge is 0.0278 e. The lowest BCUT2D eigenvalue weighted by Crippen LogP contribution is -2.57. The molecule has 1 rings (SSSR count). The van der Waals surface area contributed by atoms with E-state index >= 15 is 0 Å². The van der Waals surface area contributed by atoms with Crippen LogP contribution in [0.1, 0.15) is 26.7 Å². The molecule has 2 heteroatoms. The van der Waals surface area contributed by atoms with Crippen LogP contribution in [-0.2, 0) is 0 Å². The van der Waals surface area contributed by atoms with Crippen molar-refractivity contribution in [2.75, 3.05) is 26.2 Å². The highest BCUT2D eigenvalue weighted by atomic mass is 15.2. The van der Waals surface area contributed by atoms with Crippen molar-refractivity contribution in [3.05, 3.63) is 0 Å². The molecule has 1 heterocycles. The minimum Gasteiger partial charge on any atom is -0.314 e. The molecule has 1 aliphatic heterocycles. The maximum Gasteiger partial charge on any atom is 0.0278 e. The molecule has 0 aromatic rings. The molecule has 1 aliphatic rings. The Morgan fingerprint density at radius 1 is 1.54 bits per heavy atom. The van der Waals surface area contributed by atoms with Crippen LogP contribution in [0.25, 0.3) is 0 Å². The average molecular weight is 180 g/mol. The zero-order valence-electron chi connectivity index (χ0n) is 8.77. The van der Waals surface area contributed by atoms with E-state index in [9.17, 15) is 0 Å². The number of piperazine rings is 1. The zero-order chi connectivity index (χ0) is 9.73. The van der Waals surface area contributed by atoms with E-state index < -0.39 is 0 Å². The molecule has 13 heavy (non-hydrogen) atoms. The van der Waals surface area contributed by atoms with Gasteiger partial charge in [-0.25, -0.2) is 0 Å². The van der Waals surface area contributed by atoms with E-state index in [4.69, 9.17) is 6.42 Å². The predicted molar refractivity (Wildman–Crippen MR) is 56.6 cm³/mol. The molecule has 0 aliphatic carbocycles. The summed E-state index contributed by atoms with van der Waals surface area (Å²) in [5.74, 6) is 2.69. The molecule has 74 valence electrons. The van der Waals surface area contributed by atoms with Crippen LogP contribution in [0.2, 0.25) is 0 Å². The van der Waals surface area contributed by atoms with Gasteiger partial charge in [0.25, 0.3) is 0 Å². The largest absolute Gasteiger partial charge is 0.314 e. The fourth-order valence-electron chi connectivity index (χ4n) is 1.81. The third-order valence-electron chi connectivity index (χ3n) is 2.72.